The molecule has 90 valence electrons. The van der Waals surface area contributed by atoms with Crippen LogP contribution in [0.25, 0.3) is 0 Å². The van der Waals surface area contributed by atoms with E-state index in [1.54, 1.807) is 0 Å². The largest absolute Gasteiger partial charge is 0.379 e. The Hall–Kier alpha value is -0.860. The van der Waals surface area contributed by atoms with Crippen molar-refractivity contribution in [3.05, 3.63) is 35.9 Å². The van der Waals surface area contributed by atoms with Gasteiger partial charge in [0.1, 0.15) is 0 Å². The minimum absolute atomic E-state index is 0.717. The van der Waals surface area contributed by atoms with Crippen molar-refractivity contribution in [1.29, 1.82) is 0 Å². The fourth-order valence-corrected chi connectivity index (χ4v) is 1.49. The molecule has 0 bridgehead atoms. The molecule has 16 heavy (non-hydrogen) atoms. The zero-order valence-corrected chi connectivity index (χ0v) is 10.2. The van der Waals surface area contributed by atoms with E-state index in [9.17, 15) is 0 Å². The first-order valence-corrected chi connectivity index (χ1v) is 6.13. The van der Waals surface area contributed by atoms with Crippen LogP contribution in [0, 0.1) is 0 Å². The van der Waals surface area contributed by atoms with Crippen LogP contribution >= 0.6 is 0 Å². The highest BCUT2D eigenvalue weighted by molar-refractivity contribution is 5.14. The number of aryl methyl sites for hydroxylation is 1. The van der Waals surface area contributed by atoms with Crippen molar-refractivity contribution in [2.24, 2.45) is 0 Å². The quantitative estimate of drug-likeness (QED) is 0.598. The Bertz CT molecular complexity index is 246. The highest BCUT2D eigenvalue weighted by Gasteiger charge is 1.92. The molecule has 0 heterocycles. The van der Waals surface area contributed by atoms with Crippen LogP contribution in [0.4, 0.5) is 0 Å². The van der Waals surface area contributed by atoms with Crippen molar-refractivity contribution in [3.8, 4) is 0 Å². The average Bonchev–Trinajstić information content (AvgIpc) is 2.34. The van der Waals surface area contributed by atoms with Gasteiger partial charge in [-0.05, 0) is 24.8 Å². The molecule has 0 spiro atoms. The molecule has 0 fully saturated rings. The molecular formula is C14H22O2. The van der Waals surface area contributed by atoms with Crippen molar-refractivity contribution in [2.75, 3.05) is 26.4 Å². The van der Waals surface area contributed by atoms with Gasteiger partial charge in [-0.1, -0.05) is 37.3 Å². The minimum atomic E-state index is 0.717. The van der Waals surface area contributed by atoms with Gasteiger partial charge in [-0.2, -0.15) is 0 Å². The van der Waals surface area contributed by atoms with Gasteiger partial charge in [-0.25, -0.2) is 0 Å². The first kappa shape index (κ1) is 13.2. The summed E-state index contributed by atoms with van der Waals surface area (Å²) in [5, 5.41) is 0. The minimum Gasteiger partial charge on any atom is -0.379 e. The zero-order valence-electron chi connectivity index (χ0n) is 10.2. The van der Waals surface area contributed by atoms with Gasteiger partial charge in [0.2, 0.25) is 0 Å². The Labute approximate surface area is 98.6 Å². The lowest BCUT2D eigenvalue weighted by atomic mass is 10.1. The highest BCUT2D eigenvalue weighted by Crippen LogP contribution is 2.02. The van der Waals surface area contributed by atoms with E-state index in [1.165, 1.54) is 5.56 Å². The number of hydrogen-bond donors (Lipinski definition) is 0. The van der Waals surface area contributed by atoms with Gasteiger partial charge in [0.25, 0.3) is 0 Å². The molecule has 0 unspecified atom stereocenters. The maximum Gasteiger partial charge on any atom is 0.0700 e. The molecule has 0 atom stereocenters. The normalized spacial score (nSPS) is 10.6. The van der Waals surface area contributed by atoms with Crippen LogP contribution in [-0.4, -0.2) is 26.4 Å². The van der Waals surface area contributed by atoms with Crippen molar-refractivity contribution < 1.29 is 9.47 Å². The molecule has 0 aliphatic carbocycles. The Morgan fingerprint density at radius 1 is 0.875 bits per heavy atom. The summed E-state index contributed by atoms with van der Waals surface area (Å²) in [6.45, 7) is 5.21. The number of rotatable bonds is 9. The molecule has 0 saturated carbocycles. The summed E-state index contributed by atoms with van der Waals surface area (Å²) in [5.41, 5.74) is 1.38. The molecule has 1 aromatic rings. The Kier molecular flexibility index (Phi) is 7.74. The molecule has 0 aliphatic rings. The zero-order chi connectivity index (χ0) is 11.5. The molecule has 0 aliphatic heterocycles. The van der Waals surface area contributed by atoms with Gasteiger partial charge in [-0.3, -0.25) is 0 Å². The van der Waals surface area contributed by atoms with E-state index < -0.39 is 0 Å². The van der Waals surface area contributed by atoms with Crippen LogP contribution < -0.4 is 0 Å². The summed E-state index contributed by atoms with van der Waals surface area (Å²) in [5.74, 6) is 0. The Morgan fingerprint density at radius 3 is 2.25 bits per heavy atom. The van der Waals surface area contributed by atoms with E-state index in [1.807, 2.05) is 6.07 Å². The van der Waals surface area contributed by atoms with E-state index in [4.69, 9.17) is 9.47 Å². The Morgan fingerprint density at radius 2 is 1.56 bits per heavy atom. The van der Waals surface area contributed by atoms with Gasteiger partial charge in [0.05, 0.1) is 13.2 Å². The van der Waals surface area contributed by atoms with E-state index in [0.29, 0.717) is 0 Å². The predicted octanol–water partition coefficient (Wildman–Crippen LogP) is 3.06. The van der Waals surface area contributed by atoms with Crippen molar-refractivity contribution >= 4 is 0 Å². The standard InChI is InChI=1S/C14H22O2/c1-2-10-15-12-13-16-11-6-9-14-7-4-3-5-8-14/h3-5,7-8H,2,6,9-13H2,1H3. The molecule has 2 nitrogen and oxygen atoms in total. The second-order valence-corrected chi connectivity index (χ2v) is 3.81. The van der Waals surface area contributed by atoms with Gasteiger partial charge < -0.3 is 9.47 Å². The fourth-order valence-electron chi connectivity index (χ4n) is 1.49. The summed E-state index contributed by atoms with van der Waals surface area (Å²) in [6, 6.07) is 10.5. The van der Waals surface area contributed by atoms with Crippen LogP contribution in [-0.2, 0) is 15.9 Å². The fraction of sp³-hybridized carbons (Fsp3) is 0.571. The highest BCUT2D eigenvalue weighted by atomic mass is 16.5. The third-order valence-corrected chi connectivity index (χ3v) is 2.32. The Balaban J connectivity index is 1.89. The first-order chi connectivity index (χ1) is 7.93. The molecule has 0 aromatic heterocycles. The summed E-state index contributed by atoms with van der Waals surface area (Å²) < 4.78 is 10.8. The SMILES string of the molecule is CCCOCCOCCCc1ccccc1. The number of benzene rings is 1. The van der Waals surface area contributed by atoms with Crippen LogP contribution in [0.2, 0.25) is 0 Å². The summed E-state index contributed by atoms with van der Waals surface area (Å²) in [7, 11) is 0. The van der Waals surface area contributed by atoms with Crippen molar-refractivity contribution in [2.45, 2.75) is 26.2 Å². The summed E-state index contributed by atoms with van der Waals surface area (Å²) in [4.78, 5) is 0. The second-order valence-electron chi connectivity index (χ2n) is 3.81. The van der Waals surface area contributed by atoms with Gasteiger partial charge in [-0.15, -0.1) is 0 Å². The summed E-state index contributed by atoms with van der Waals surface area (Å²) >= 11 is 0. The lowest BCUT2D eigenvalue weighted by Gasteiger charge is -2.05. The molecule has 0 amide bonds. The molecule has 1 rings (SSSR count). The smallest absolute Gasteiger partial charge is 0.0700 e. The van der Waals surface area contributed by atoms with Crippen LogP contribution in [0.3, 0.4) is 0 Å². The van der Waals surface area contributed by atoms with Crippen LogP contribution in [0.5, 0.6) is 0 Å². The lowest BCUT2D eigenvalue weighted by Crippen LogP contribution is -2.06. The molecule has 0 saturated heterocycles. The average molecular weight is 222 g/mol. The first-order valence-electron chi connectivity index (χ1n) is 6.13. The van der Waals surface area contributed by atoms with E-state index in [2.05, 4.69) is 31.2 Å². The van der Waals surface area contributed by atoms with Crippen LogP contribution in [0.1, 0.15) is 25.3 Å². The number of ether oxygens (including phenoxy) is 2. The second kappa shape index (κ2) is 9.37. The maximum atomic E-state index is 5.48. The van der Waals surface area contributed by atoms with Gasteiger partial charge in [0.15, 0.2) is 0 Å². The monoisotopic (exact) mass is 222 g/mol. The van der Waals surface area contributed by atoms with Gasteiger partial charge >= 0.3 is 0 Å². The lowest BCUT2D eigenvalue weighted by molar-refractivity contribution is 0.0472. The van der Waals surface area contributed by atoms with Crippen molar-refractivity contribution in [1.82, 2.24) is 0 Å². The molecule has 0 radical (unpaired) electrons. The van der Waals surface area contributed by atoms with Crippen LogP contribution in [0.15, 0.2) is 30.3 Å². The van der Waals surface area contributed by atoms with E-state index >= 15 is 0 Å². The van der Waals surface area contributed by atoms with E-state index in [-0.39, 0.29) is 0 Å². The molecule has 0 N–H and O–H groups in total. The van der Waals surface area contributed by atoms with Crippen molar-refractivity contribution in [3.63, 3.8) is 0 Å². The third kappa shape index (κ3) is 6.59. The maximum absolute atomic E-state index is 5.48. The third-order valence-electron chi connectivity index (χ3n) is 2.32. The molecule has 2 heteroatoms. The topological polar surface area (TPSA) is 18.5 Å². The van der Waals surface area contributed by atoms with Gasteiger partial charge in [0, 0.05) is 13.2 Å². The number of hydrogen-bond acceptors (Lipinski definition) is 2. The molecular weight excluding hydrogens is 200 g/mol. The van der Waals surface area contributed by atoms with E-state index in [0.717, 1.165) is 45.7 Å². The summed E-state index contributed by atoms with van der Waals surface area (Å²) in [6.07, 6.45) is 3.25. The molecule has 1 aromatic carbocycles. The predicted molar refractivity (Wildman–Crippen MR) is 66.7 cm³/mol.